The van der Waals surface area contributed by atoms with Crippen LogP contribution in [0.3, 0.4) is 0 Å². The minimum Gasteiger partial charge on any atom is -0.354 e. The van der Waals surface area contributed by atoms with Crippen molar-refractivity contribution in [2.45, 2.75) is 44.9 Å². The van der Waals surface area contributed by atoms with Crippen molar-refractivity contribution < 1.29 is 21.6 Å². The van der Waals surface area contributed by atoms with Crippen molar-refractivity contribution in [3.63, 3.8) is 0 Å². The van der Waals surface area contributed by atoms with Gasteiger partial charge in [0.2, 0.25) is 0 Å². The smallest absolute Gasteiger partial charge is 0.354 e. The van der Waals surface area contributed by atoms with Gasteiger partial charge in [0.05, 0.1) is 12.3 Å². The molecule has 0 aromatic rings. The molecule has 0 saturated carbocycles. The molecule has 0 amide bonds. The van der Waals surface area contributed by atoms with Crippen LogP contribution >= 0.6 is 0 Å². The van der Waals surface area contributed by atoms with Crippen molar-refractivity contribution in [2.75, 3.05) is 38.2 Å². The van der Waals surface area contributed by atoms with Crippen LogP contribution in [0.5, 0.6) is 0 Å². The molecule has 0 aromatic heterocycles. The van der Waals surface area contributed by atoms with E-state index in [2.05, 4.69) is 15.6 Å². The zero-order valence-corrected chi connectivity index (χ0v) is 15.2. The molecular weight excluding hydrogens is 345 g/mol. The van der Waals surface area contributed by atoms with E-state index >= 15 is 0 Å². The lowest BCUT2D eigenvalue weighted by molar-refractivity contribution is -0.143. The maximum atomic E-state index is 12.4. The topological polar surface area (TPSA) is 73.8 Å². The van der Waals surface area contributed by atoms with Gasteiger partial charge in [-0.05, 0) is 26.7 Å². The lowest BCUT2D eigenvalue weighted by Gasteiger charge is -2.22. The first kappa shape index (κ1) is 21.0. The number of nitrogens with zero attached hydrogens (tertiary/aromatic N) is 2. The normalized spacial score (nSPS) is 21.8. The molecule has 0 spiro atoms. The number of halogens is 3. The van der Waals surface area contributed by atoms with E-state index < -0.39 is 22.6 Å². The average molecular weight is 372 g/mol. The molecular formula is C14H27F3N4O2S. The van der Waals surface area contributed by atoms with Gasteiger partial charge in [0, 0.05) is 38.0 Å². The number of guanidine groups is 1. The Morgan fingerprint density at radius 1 is 1.42 bits per heavy atom. The molecule has 2 N–H and O–H groups in total. The fourth-order valence-corrected chi connectivity index (χ4v) is 3.31. The van der Waals surface area contributed by atoms with Crippen LogP contribution in [0.4, 0.5) is 13.2 Å². The van der Waals surface area contributed by atoms with E-state index in [1.165, 1.54) is 11.2 Å². The molecule has 6 nitrogen and oxygen atoms in total. The third-order valence-electron chi connectivity index (χ3n) is 3.64. The Hall–Kier alpha value is -1.03. The quantitative estimate of drug-likeness (QED) is 0.515. The van der Waals surface area contributed by atoms with Crippen molar-refractivity contribution in [1.82, 2.24) is 15.5 Å². The zero-order valence-electron chi connectivity index (χ0n) is 14.4. The van der Waals surface area contributed by atoms with Gasteiger partial charge in [-0.1, -0.05) is 0 Å². The molecule has 2 unspecified atom stereocenters. The summed E-state index contributed by atoms with van der Waals surface area (Å²) in [5.74, 6) is 0.584. The summed E-state index contributed by atoms with van der Waals surface area (Å²) >= 11 is 0. The van der Waals surface area contributed by atoms with E-state index in [0.717, 1.165) is 0 Å². The first-order valence-electron chi connectivity index (χ1n) is 8.03. The fraction of sp³-hybridized carbons (Fsp3) is 0.929. The number of nitrogens with one attached hydrogen (secondary N) is 2. The van der Waals surface area contributed by atoms with Crippen molar-refractivity contribution in [2.24, 2.45) is 4.99 Å². The van der Waals surface area contributed by atoms with Gasteiger partial charge in [-0.25, -0.2) is 8.42 Å². The number of aliphatic imine (C=N–C) groups is 1. The highest BCUT2D eigenvalue weighted by molar-refractivity contribution is 7.90. The summed E-state index contributed by atoms with van der Waals surface area (Å²) in [5, 5.41) is 6.26. The summed E-state index contributed by atoms with van der Waals surface area (Å²) in [7, 11) is -3.03. The Bertz CT molecular complexity index is 523. The molecule has 2 atom stereocenters. The van der Waals surface area contributed by atoms with Crippen LogP contribution in [0.2, 0.25) is 0 Å². The van der Waals surface area contributed by atoms with E-state index in [0.29, 0.717) is 38.4 Å². The number of sulfone groups is 1. The molecule has 1 aliphatic rings. The number of likely N-dealkylation sites (tertiary alicyclic amines) is 1. The Morgan fingerprint density at radius 3 is 2.62 bits per heavy atom. The summed E-state index contributed by atoms with van der Waals surface area (Å²) in [6.45, 7) is 4.02. The average Bonchev–Trinajstić information content (AvgIpc) is 2.80. The first-order chi connectivity index (χ1) is 11.0. The largest absolute Gasteiger partial charge is 0.401 e. The van der Waals surface area contributed by atoms with Crippen molar-refractivity contribution >= 4 is 15.8 Å². The standard InChI is InChI=1S/C14H27F3N4O2S/c1-4-18-13(19-11(2)6-8-24(3,22)23)20-12-5-7-21(9-12)10-14(15,16)17/h11-12H,4-10H2,1-3H3,(H2,18,19,20). The molecule has 142 valence electrons. The van der Waals surface area contributed by atoms with Crippen LogP contribution in [0.15, 0.2) is 4.99 Å². The van der Waals surface area contributed by atoms with Crippen molar-refractivity contribution in [3.05, 3.63) is 0 Å². The minimum absolute atomic E-state index is 0.0728. The zero-order chi connectivity index (χ0) is 18.4. The molecule has 1 aliphatic heterocycles. The van der Waals surface area contributed by atoms with Gasteiger partial charge in [-0.3, -0.25) is 9.89 Å². The molecule has 24 heavy (non-hydrogen) atoms. The summed E-state index contributed by atoms with van der Waals surface area (Å²) in [6.07, 6.45) is -1.95. The minimum atomic E-state index is -4.19. The third-order valence-corrected chi connectivity index (χ3v) is 4.61. The highest BCUT2D eigenvalue weighted by Crippen LogP contribution is 2.19. The van der Waals surface area contributed by atoms with Crippen LogP contribution in [0.25, 0.3) is 0 Å². The van der Waals surface area contributed by atoms with Gasteiger partial charge < -0.3 is 10.6 Å². The number of alkyl halides is 3. The second-order valence-electron chi connectivity index (χ2n) is 6.27. The van der Waals surface area contributed by atoms with Gasteiger partial charge in [-0.15, -0.1) is 0 Å². The third kappa shape index (κ3) is 9.31. The van der Waals surface area contributed by atoms with E-state index in [1.807, 2.05) is 13.8 Å². The molecule has 10 heteroatoms. The van der Waals surface area contributed by atoms with Crippen LogP contribution in [-0.4, -0.2) is 75.7 Å². The fourth-order valence-electron chi connectivity index (χ4n) is 2.53. The first-order valence-corrected chi connectivity index (χ1v) is 10.1. The van der Waals surface area contributed by atoms with Crippen molar-refractivity contribution in [1.29, 1.82) is 0 Å². The monoisotopic (exact) mass is 372 g/mol. The van der Waals surface area contributed by atoms with Gasteiger partial charge in [0.1, 0.15) is 9.84 Å². The van der Waals surface area contributed by atoms with Crippen LogP contribution in [0, 0.1) is 0 Å². The van der Waals surface area contributed by atoms with Crippen LogP contribution in [0.1, 0.15) is 26.7 Å². The van der Waals surface area contributed by atoms with Gasteiger partial charge in [-0.2, -0.15) is 13.2 Å². The van der Waals surface area contributed by atoms with Gasteiger partial charge in [0.25, 0.3) is 0 Å². The lowest BCUT2D eigenvalue weighted by Crippen LogP contribution is -2.48. The summed E-state index contributed by atoms with van der Waals surface area (Å²) < 4.78 is 59.7. The Labute approximate surface area is 141 Å². The molecule has 1 rings (SSSR count). The van der Waals surface area contributed by atoms with E-state index in [4.69, 9.17) is 0 Å². The summed E-state index contributed by atoms with van der Waals surface area (Å²) in [6, 6.07) is -0.211. The molecule has 0 aliphatic carbocycles. The van der Waals surface area contributed by atoms with Gasteiger partial charge >= 0.3 is 6.18 Å². The predicted octanol–water partition coefficient (Wildman–Crippen LogP) is 1.00. The number of hydrogen-bond acceptors (Lipinski definition) is 4. The molecule has 1 fully saturated rings. The lowest BCUT2D eigenvalue weighted by atomic mass is 10.2. The highest BCUT2D eigenvalue weighted by atomic mass is 32.2. The predicted molar refractivity (Wildman–Crippen MR) is 88.9 cm³/mol. The Morgan fingerprint density at radius 2 is 2.08 bits per heavy atom. The van der Waals surface area contributed by atoms with Crippen molar-refractivity contribution in [3.8, 4) is 0 Å². The maximum Gasteiger partial charge on any atom is 0.401 e. The SMILES string of the molecule is CCN=C(NC(C)CCS(C)(=O)=O)NC1CCN(CC(F)(F)F)C1. The van der Waals surface area contributed by atoms with E-state index in [9.17, 15) is 21.6 Å². The molecule has 0 aromatic carbocycles. The molecule has 0 radical (unpaired) electrons. The summed E-state index contributed by atoms with van der Waals surface area (Å²) in [4.78, 5) is 5.65. The van der Waals surface area contributed by atoms with Crippen LogP contribution in [-0.2, 0) is 9.84 Å². The second-order valence-corrected chi connectivity index (χ2v) is 8.53. The van der Waals surface area contributed by atoms with Crippen LogP contribution < -0.4 is 10.6 Å². The van der Waals surface area contributed by atoms with E-state index in [-0.39, 0.29) is 17.8 Å². The maximum absolute atomic E-state index is 12.4. The second kappa shape index (κ2) is 8.89. The molecule has 1 heterocycles. The highest BCUT2D eigenvalue weighted by Gasteiger charge is 2.34. The Kier molecular flexibility index (Phi) is 7.78. The molecule has 1 saturated heterocycles. The molecule has 0 bridgehead atoms. The Balaban J connectivity index is 2.48. The number of hydrogen-bond donors (Lipinski definition) is 2. The number of rotatable bonds is 7. The van der Waals surface area contributed by atoms with E-state index in [1.54, 1.807) is 0 Å². The van der Waals surface area contributed by atoms with Gasteiger partial charge in [0.15, 0.2) is 5.96 Å². The summed E-state index contributed by atoms with van der Waals surface area (Å²) in [5.41, 5.74) is 0.